The molecule has 0 unspecified atom stereocenters. The first-order valence-corrected chi connectivity index (χ1v) is 42.9. The first kappa shape index (κ1) is 35.5. The van der Waals surface area contributed by atoms with Gasteiger partial charge in [-0.05, 0) is 0 Å². The van der Waals surface area contributed by atoms with Gasteiger partial charge in [-0.3, -0.25) is 0 Å². The Kier molecular flexibility index (Phi) is 15.3. The summed E-state index contributed by atoms with van der Waals surface area (Å²) in [5.41, 5.74) is 0. The van der Waals surface area contributed by atoms with Gasteiger partial charge in [-0.2, -0.15) is 0 Å². The topological polar surface area (TPSA) is 0 Å². The van der Waals surface area contributed by atoms with E-state index in [9.17, 15) is 0 Å². The van der Waals surface area contributed by atoms with Crippen molar-refractivity contribution < 1.29 is 0 Å². The molecule has 0 aliphatic heterocycles. The van der Waals surface area contributed by atoms with E-state index in [4.69, 9.17) is 0 Å². The third-order valence-electron chi connectivity index (χ3n) is 6.92. The van der Waals surface area contributed by atoms with Crippen LogP contribution in [0.3, 0.4) is 0 Å². The van der Waals surface area contributed by atoms with Gasteiger partial charge in [-0.25, -0.2) is 0 Å². The van der Waals surface area contributed by atoms with Gasteiger partial charge in [0, 0.05) is 0 Å². The summed E-state index contributed by atoms with van der Waals surface area (Å²) in [6.45, 7) is 0. The van der Waals surface area contributed by atoms with Crippen LogP contribution in [0.4, 0.5) is 0 Å². The van der Waals surface area contributed by atoms with Gasteiger partial charge in [-0.1, -0.05) is 0 Å². The van der Waals surface area contributed by atoms with E-state index in [1.807, 2.05) is 0 Å². The molecule has 0 saturated carbocycles. The fraction of sp³-hybridized carbons (Fsp3) is 0.0270. The predicted molar refractivity (Wildman–Crippen MR) is 224 cm³/mol. The molecule has 236 valence electrons. The average Bonchev–Trinajstić information content (AvgIpc) is 3.11. The molecule has 6 aromatic rings. The van der Waals surface area contributed by atoms with Crippen LogP contribution < -0.4 is 26.8 Å². The Balaban J connectivity index is 1.50. The molecule has 0 atom stereocenters. The van der Waals surface area contributed by atoms with Gasteiger partial charge in [0.2, 0.25) is 0 Å². The van der Waals surface area contributed by atoms with Crippen LogP contribution in [0.1, 0.15) is 0 Å². The standard InChI is InChI=1S/C37H37P3Se6/c1-7-19-31(20-8-1)41-38(42-32-21-9-2-10-22-32)37(39(43-33-23-11-3-12-24-33)44-34-25-13-4-14-26-34)40(45-35-27-15-5-16-28-35)46-36-29-17-6-18-30-36/h1-30,37H,38-40H2. The predicted octanol–water partition coefficient (Wildman–Crippen LogP) is 3.78. The summed E-state index contributed by atoms with van der Waals surface area (Å²) in [6.07, 6.45) is 0. The van der Waals surface area contributed by atoms with Crippen LogP contribution in [0.2, 0.25) is 0 Å². The van der Waals surface area contributed by atoms with Crippen molar-refractivity contribution in [2.24, 2.45) is 0 Å². The Hall–Kier alpha value is -0.273. The van der Waals surface area contributed by atoms with Crippen molar-refractivity contribution >= 4 is 130 Å². The van der Waals surface area contributed by atoms with Crippen molar-refractivity contribution in [2.45, 2.75) is 5.14 Å². The zero-order chi connectivity index (χ0) is 31.2. The third-order valence-corrected chi connectivity index (χ3v) is 94.5. The Bertz CT molecular complexity index is 1370. The monoisotopic (exact) mass is 1050 g/mol. The fourth-order valence-corrected chi connectivity index (χ4v) is 168. The molecule has 6 aromatic carbocycles. The first-order chi connectivity index (χ1) is 22.8. The molecule has 9 heteroatoms. The summed E-state index contributed by atoms with van der Waals surface area (Å²) >= 11 is 3.48. The molecule has 0 spiro atoms. The molecule has 0 nitrogen and oxygen atoms in total. The van der Waals surface area contributed by atoms with Crippen LogP contribution in [0.15, 0.2) is 182 Å². The maximum atomic E-state index is 2.46. The van der Waals surface area contributed by atoms with Gasteiger partial charge in [0.15, 0.2) is 0 Å². The molecule has 0 aliphatic rings. The molecule has 6 rings (SSSR count). The SMILES string of the molecule is c1ccc([Se][PH2]([Se]c2ccccc2)C([PH2]([Se]c2ccccc2)[Se]c2ccccc2)[PH2]([Se]c2ccccc2)[Se]c2ccccc2)cc1. The maximum absolute atomic E-state index is 2.46. The zero-order valence-corrected chi connectivity index (χ0v) is 38.8. The third kappa shape index (κ3) is 11.4. The first-order valence-electron chi connectivity index (χ1n) is 15.1. The van der Waals surface area contributed by atoms with Crippen molar-refractivity contribution in [3.8, 4) is 0 Å². The van der Waals surface area contributed by atoms with E-state index in [2.05, 4.69) is 182 Å². The zero-order valence-electron chi connectivity index (χ0n) is 25.1. The molecule has 0 bridgehead atoms. The van der Waals surface area contributed by atoms with E-state index >= 15 is 0 Å². The Morgan fingerprint density at radius 2 is 0.391 bits per heavy atom. The number of hydrogen-bond acceptors (Lipinski definition) is 0. The van der Waals surface area contributed by atoms with Crippen LogP contribution in [0.5, 0.6) is 0 Å². The van der Waals surface area contributed by atoms with Crippen LogP contribution in [-0.4, -0.2) is 92.2 Å². The number of benzene rings is 6. The van der Waals surface area contributed by atoms with E-state index in [0.29, 0.717) is 87.1 Å². The van der Waals surface area contributed by atoms with E-state index in [1.54, 1.807) is 26.8 Å². The summed E-state index contributed by atoms with van der Waals surface area (Å²) in [7, 11) is 0. The van der Waals surface area contributed by atoms with E-state index in [-0.39, 0.29) is 0 Å². The molecule has 0 aliphatic carbocycles. The van der Waals surface area contributed by atoms with Gasteiger partial charge in [0.1, 0.15) is 0 Å². The van der Waals surface area contributed by atoms with E-state index < -0.39 is 15.9 Å². The Morgan fingerprint density at radius 3 is 0.543 bits per heavy atom. The summed E-state index contributed by atoms with van der Waals surface area (Å²) in [4.78, 5) is 0. The molecule has 0 N–H and O–H groups in total. The molecule has 0 saturated heterocycles. The summed E-state index contributed by atoms with van der Waals surface area (Å²) in [5, 5.41) is -2.46. The van der Waals surface area contributed by atoms with Gasteiger partial charge in [0.05, 0.1) is 0 Å². The van der Waals surface area contributed by atoms with Gasteiger partial charge < -0.3 is 0 Å². The van der Waals surface area contributed by atoms with Crippen LogP contribution >= 0.6 is 15.9 Å². The van der Waals surface area contributed by atoms with Crippen molar-refractivity contribution in [3.05, 3.63) is 182 Å². The van der Waals surface area contributed by atoms with Crippen LogP contribution in [0, 0.1) is 0 Å². The number of hydrogen-bond donors (Lipinski definition) is 0. The normalized spacial score (nSPS) is 12.7. The average molecular weight is 1050 g/mol. The molecule has 0 amide bonds. The molecule has 0 radical (unpaired) electrons. The Morgan fingerprint density at radius 1 is 0.239 bits per heavy atom. The fourth-order valence-electron chi connectivity index (χ4n) is 4.73. The summed E-state index contributed by atoms with van der Waals surface area (Å²) < 4.78 is 9.88. The second-order valence-electron chi connectivity index (χ2n) is 10.3. The molecular formula is C37H37P3Se6. The molecule has 0 fully saturated rings. The number of rotatable bonds is 15. The van der Waals surface area contributed by atoms with Crippen LogP contribution in [0.25, 0.3) is 0 Å². The molecule has 46 heavy (non-hydrogen) atoms. The van der Waals surface area contributed by atoms with Gasteiger partial charge in [-0.15, -0.1) is 0 Å². The van der Waals surface area contributed by atoms with Gasteiger partial charge in [0.25, 0.3) is 0 Å². The summed E-state index contributed by atoms with van der Waals surface area (Å²) in [5.74, 6) is 0. The quantitative estimate of drug-likeness (QED) is 0.109. The van der Waals surface area contributed by atoms with Crippen molar-refractivity contribution in [1.82, 2.24) is 0 Å². The Labute approximate surface area is 313 Å². The van der Waals surface area contributed by atoms with Crippen molar-refractivity contribution in [3.63, 3.8) is 0 Å². The molecular weight excluding hydrogens is 1010 g/mol. The van der Waals surface area contributed by atoms with Crippen molar-refractivity contribution in [2.75, 3.05) is 0 Å². The van der Waals surface area contributed by atoms with Crippen LogP contribution in [-0.2, 0) is 0 Å². The van der Waals surface area contributed by atoms with E-state index in [1.165, 1.54) is 0 Å². The summed E-state index contributed by atoms with van der Waals surface area (Å²) in [6, 6.07) is 70.3. The minimum atomic E-state index is -1.17. The van der Waals surface area contributed by atoms with Crippen molar-refractivity contribution in [1.29, 1.82) is 0 Å². The van der Waals surface area contributed by atoms with E-state index in [0.717, 1.165) is 5.14 Å². The second-order valence-corrected chi connectivity index (χ2v) is 66.1. The molecule has 0 heterocycles. The molecule has 0 aromatic heterocycles. The second kappa shape index (κ2) is 19.8. The van der Waals surface area contributed by atoms with Gasteiger partial charge >= 0.3 is 317 Å². The minimum absolute atomic E-state index is 0.581.